The number of nitrogens with two attached hydrogens (primary N) is 2. The Hall–Kier alpha value is -1.39. The summed E-state index contributed by atoms with van der Waals surface area (Å²) >= 11 is 0. The Labute approximate surface area is 88.9 Å². The second kappa shape index (κ2) is 5.48. The van der Waals surface area contributed by atoms with Crippen LogP contribution in [-0.2, 0) is 17.6 Å². The molecule has 1 unspecified atom stereocenters. The van der Waals surface area contributed by atoms with Gasteiger partial charge >= 0.3 is 5.97 Å². The average molecular weight is 208 g/mol. The van der Waals surface area contributed by atoms with Crippen molar-refractivity contribution in [2.45, 2.75) is 18.9 Å². The maximum Gasteiger partial charge on any atom is 0.320 e. The van der Waals surface area contributed by atoms with E-state index in [4.69, 9.17) is 16.6 Å². The van der Waals surface area contributed by atoms with E-state index in [9.17, 15) is 4.79 Å². The summed E-state index contributed by atoms with van der Waals surface area (Å²) in [6, 6.07) is 6.87. The van der Waals surface area contributed by atoms with Gasteiger partial charge in [-0.15, -0.1) is 0 Å². The van der Waals surface area contributed by atoms with Crippen molar-refractivity contribution >= 4 is 5.97 Å². The van der Waals surface area contributed by atoms with Crippen molar-refractivity contribution in [3.63, 3.8) is 0 Å². The highest BCUT2D eigenvalue weighted by Gasteiger charge is 2.11. The molecule has 0 aliphatic rings. The third kappa shape index (κ3) is 3.69. The molecule has 0 aromatic heterocycles. The summed E-state index contributed by atoms with van der Waals surface area (Å²) in [4.78, 5) is 10.6. The molecule has 0 amide bonds. The fourth-order valence-corrected chi connectivity index (χ4v) is 1.42. The Bertz CT molecular complexity index is 339. The second-order valence-electron chi connectivity index (χ2n) is 3.51. The quantitative estimate of drug-likeness (QED) is 0.642. The van der Waals surface area contributed by atoms with Crippen LogP contribution in [0.4, 0.5) is 0 Å². The van der Waals surface area contributed by atoms with Gasteiger partial charge in [-0.05, 0) is 30.5 Å². The van der Waals surface area contributed by atoms with Gasteiger partial charge in [0.2, 0.25) is 0 Å². The van der Waals surface area contributed by atoms with E-state index in [1.54, 1.807) is 0 Å². The predicted molar refractivity (Wildman–Crippen MR) is 58.5 cm³/mol. The van der Waals surface area contributed by atoms with E-state index in [0.717, 1.165) is 17.5 Å². The molecule has 0 radical (unpaired) electrons. The molecule has 0 bridgehead atoms. The smallest absolute Gasteiger partial charge is 0.320 e. The Balaban J connectivity index is 2.68. The van der Waals surface area contributed by atoms with Crippen LogP contribution < -0.4 is 11.5 Å². The molecule has 0 aliphatic carbocycles. The van der Waals surface area contributed by atoms with Crippen LogP contribution in [0, 0.1) is 0 Å². The van der Waals surface area contributed by atoms with Gasteiger partial charge in [0.15, 0.2) is 0 Å². The molecule has 0 fully saturated rings. The van der Waals surface area contributed by atoms with Crippen molar-refractivity contribution in [2.24, 2.45) is 11.5 Å². The van der Waals surface area contributed by atoms with Crippen LogP contribution in [0.2, 0.25) is 0 Å². The van der Waals surface area contributed by atoms with Crippen molar-refractivity contribution in [3.8, 4) is 0 Å². The van der Waals surface area contributed by atoms with Crippen molar-refractivity contribution in [3.05, 3.63) is 35.4 Å². The topological polar surface area (TPSA) is 89.3 Å². The first kappa shape index (κ1) is 11.7. The van der Waals surface area contributed by atoms with Crippen LogP contribution in [0.1, 0.15) is 11.1 Å². The summed E-state index contributed by atoms with van der Waals surface area (Å²) in [7, 11) is 0. The number of hydrogen-bond acceptors (Lipinski definition) is 3. The Morgan fingerprint density at radius 3 is 2.67 bits per heavy atom. The van der Waals surface area contributed by atoms with E-state index >= 15 is 0 Å². The van der Waals surface area contributed by atoms with E-state index in [0.29, 0.717) is 13.0 Å². The van der Waals surface area contributed by atoms with Crippen LogP contribution in [0.3, 0.4) is 0 Å². The number of benzene rings is 1. The van der Waals surface area contributed by atoms with Crippen LogP contribution in [0.25, 0.3) is 0 Å². The first-order chi connectivity index (χ1) is 7.13. The number of carboxylic acid groups (broad SMARTS) is 1. The van der Waals surface area contributed by atoms with Gasteiger partial charge < -0.3 is 16.6 Å². The third-order valence-electron chi connectivity index (χ3n) is 2.20. The Morgan fingerprint density at radius 1 is 1.40 bits per heavy atom. The van der Waals surface area contributed by atoms with E-state index in [1.165, 1.54) is 0 Å². The van der Waals surface area contributed by atoms with Crippen molar-refractivity contribution < 1.29 is 9.90 Å². The number of hydrogen-bond donors (Lipinski definition) is 3. The zero-order valence-corrected chi connectivity index (χ0v) is 8.52. The normalized spacial score (nSPS) is 12.4. The zero-order chi connectivity index (χ0) is 11.3. The molecule has 82 valence electrons. The molecule has 1 aromatic rings. The average Bonchev–Trinajstić information content (AvgIpc) is 2.18. The lowest BCUT2D eigenvalue weighted by atomic mass is 10.0. The van der Waals surface area contributed by atoms with Crippen LogP contribution in [0.15, 0.2) is 24.3 Å². The summed E-state index contributed by atoms with van der Waals surface area (Å²) in [6.45, 7) is 0.592. The van der Waals surface area contributed by atoms with Gasteiger partial charge in [0.1, 0.15) is 6.04 Å². The molecular formula is C11H16N2O2. The minimum absolute atomic E-state index is 0.355. The van der Waals surface area contributed by atoms with E-state index in [2.05, 4.69) is 0 Å². The second-order valence-corrected chi connectivity index (χ2v) is 3.51. The lowest BCUT2D eigenvalue weighted by Gasteiger charge is -2.07. The summed E-state index contributed by atoms with van der Waals surface area (Å²) in [5.41, 5.74) is 12.9. The van der Waals surface area contributed by atoms with E-state index in [-0.39, 0.29) is 0 Å². The molecule has 0 spiro atoms. The third-order valence-corrected chi connectivity index (χ3v) is 2.20. The molecule has 5 N–H and O–H groups in total. The molecular weight excluding hydrogens is 192 g/mol. The standard InChI is InChI=1S/C11H16N2O2/c12-5-4-8-2-1-3-9(6-8)7-10(13)11(14)15/h1-3,6,10H,4-5,7,12-13H2,(H,14,15). The molecule has 4 heteroatoms. The maximum absolute atomic E-state index is 10.6. The molecule has 1 atom stereocenters. The van der Waals surface area contributed by atoms with Crippen molar-refractivity contribution in [2.75, 3.05) is 6.54 Å². The summed E-state index contributed by atoms with van der Waals surface area (Å²) in [5, 5.41) is 8.67. The molecule has 0 saturated heterocycles. The largest absolute Gasteiger partial charge is 0.480 e. The lowest BCUT2D eigenvalue weighted by molar-refractivity contribution is -0.138. The molecule has 4 nitrogen and oxygen atoms in total. The van der Waals surface area contributed by atoms with Crippen molar-refractivity contribution in [1.29, 1.82) is 0 Å². The summed E-state index contributed by atoms with van der Waals surface area (Å²) in [5.74, 6) is -0.973. The minimum Gasteiger partial charge on any atom is -0.480 e. The van der Waals surface area contributed by atoms with Crippen LogP contribution in [0.5, 0.6) is 0 Å². The predicted octanol–water partition coefficient (Wildman–Crippen LogP) is 0.142. The van der Waals surface area contributed by atoms with Gasteiger partial charge in [-0.1, -0.05) is 24.3 Å². The van der Waals surface area contributed by atoms with Gasteiger partial charge in [-0.25, -0.2) is 0 Å². The van der Waals surface area contributed by atoms with Gasteiger partial charge in [-0.2, -0.15) is 0 Å². The van der Waals surface area contributed by atoms with Gasteiger partial charge in [0.05, 0.1) is 0 Å². The maximum atomic E-state index is 10.6. The minimum atomic E-state index is -0.973. The number of aliphatic carboxylic acids is 1. The highest BCUT2D eigenvalue weighted by molar-refractivity contribution is 5.73. The zero-order valence-electron chi connectivity index (χ0n) is 8.52. The number of rotatable bonds is 5. The lowest BCUT2D eigenvalue weighted by Crippen LogP contribution is -2.32. The molecule has 0 heterocycles. The Kier molecular flexibility index (Phi) is 4.27. The van der Waals surface area contributed by atoms with Crippen molar-refractivity contribution in [1.82, 2.24) is 0 Å². The summed E-state index contributed by atoms with van der Waals surface area (Å²) < 4.78 is 0. The van der Waals surface area contributed by atoms with E-state index in [1.807, 2.05) is 24.3 Å². The Morgan fingerprint density at radius 2 is 2.07 bits per heavy atom. The van der Waals surface area contributed by atoms with Crippen LogP contribution in [-0.4, -0.2) is 23.7 Å². The molecule has 0 aliphatic heterocycles. The summed E-state index contributed by atoms with van der Waals surface area (Å²) in [6.07, 6.45) is 1.16. The van der Waals surface area contributed by atoms with Gasteiger partial charge in [0, 0.05) is 0 Å². The first-order valence-electron chi connectivity index (χ1n) is 4.89. The molecule has 1 rings (SSSR count). The molecule has 15 heavy (non-hydrogen) atoms. The van der Waals surface area contributed by atoms with Gasteiger partial charge in [0.25, 0.3) is 0 Å². The highest BCUT2D eigenvalue weighted by Crippen LogP contribution is 2.07. The highest BCUT2D eigenvalue weighted by atomic mass is 16.4. The SMILES string of the molecule is NCCc1cccc(CC(N)C(=O)O)c1. The van der Waals surface area contributed by atoms with Gasteiger partial charge in [-0.3, -0.25) is 4.79 Å². The van der Waals surface area contributed by atoms with Crippen LogP contribution >= 0.6 is 0 Å². The molecule has 0 saturated carbocycles. The number of carbonyl (C=O) groups is 1. The molecule has 1 aromatic carbocycles. The number of carboxylic acids is 1. The van der Waals surface area contributed by atoms with E-state index < -0.39 is 12.0 Å². The fourth-order valence-electron chi connectivity index (χ4n) is 1.42. The fraction of sp³-hybridized carbons (Fsp3) is 0.364. The monoisotopic (exact) mass is 208 g/mol. The first-order valence-corrected chi connectivity index (χ1v) is 4.89.